The maximum atomic E-state index is 12.0. The van der Waals surface area contributed by atoms with Crippen LogP contribution in [0.25, 0.3) is 33.3 Å². The second-order valence-electron chi connectivity index (χ2n) is 7.92. The summed E-state index contributed by atoms with van der Waals surface area (Å²) in [5.74, 6) is 1.34. The van der Waals surface area contributed by atoms with Gasteiger partial charge in [0.25, 0.3) is 0 Å². The number of aryl methyl sites for hydroxylation is 1. The molecule has 0 unspecified atom stereocenters. The van der Waals surface area contributed by atoms with Gasteiger partial charge in [0.05, 0.1) is 16.8 Å². The number of aromatic amines is 1. The highest BCUT2D eigenvalue weighted by molar-refractivity contribution is 6.05. The Hall–Kier alpha value is -3.25. The number of nitrogens with one attached hydrogen (secondary N) is 2. The third-order valence-electron chi connectivity index (χ3n) is 5.93. The number of aromatic nitrogens is 3. The second kappa shape index (κ2) is 7.88. The molecule has 1 saturated heterocycles. The minimum absolute atomic E-state index is 0.537. The molecule has 1 aliphatic rings. The van der Waals surface area contributed by atoms with Gasteiger partial charge in [-0.1, -0.05) is 24.3 Å². The molecular formula is C24H25N5O. The Morgan fingerprint density at radius 3 is 2.77 bits per heavy atom. The SMILES string of the molecule is Cc1cccc2[nH]c(-c3nc(NCCN4CCCC4)c4ccccc4n3)c(C=O)c12. The normalized spacial score (nSPS) is 14.6. The van der Waals surface area contributed by atoms with Gasteiger partial charge in [-0.2, -0.15) is 0 Å². The van der Waals surface area contributed by atoms with Crippen molar-refractivity contribution in [2.45, 2.75) is 19.8 Å². The molecule has 1 fully saturated rings. The van der Waals surface area contributed by atoms with E-state index in [0.29, 0.717) is 17.1 Å². The Morgan fingerprint density at radius 1 is 1.10 bits per heavy atom. The van der Waals surface area contributed by atoms with Crippen LogP contribution in [0.4, 0.5) is 5.82 Å². The molecule has 0 spiro atoms. The van der Waals surface area contributed by atoms with Crippen LogP contribution in [0.3, 0.4) is 0 Å². The fourth-order valence-electron chi connectivity index (χ4n) is 4.41. The van der Waals surface area contributed by atoms with Crippen LogP contribution < -0.4 is 5.32 Å². The maximum Gasteiger partial charge on any atom is 0.179 e. The molecule has 0 bridgehead atoms. The quantitative estimate of drug-likeness (QED) is 0.470. The van der Waals surface area contributed by atoms with Gasteiger partial charge in [-0.05, 0) is 56.6 Å². The zero-order valence-electron chi connectivity index (χ0n) is 17.1. The highest BCUT2D eigenvalue weighted by atomic mass is 16.1. The number of carbonyl (C=O) groups excluding carboxylic acids is 1. The number of H-pyrrole nitrogens is 1. The molecule has 3 heterocycles. The number of hydrogen-bond acceptors (Lipinski definition) is 5. The summed E-state index contributed by atoms with van der Waals surface area (Å²) >= 11 is 0. The van der Waals surface area contributed by atoms with Crippen molar-refractivity contribution in [1.29, 1.82) is 0 Å². The first-order valence-corrected chi connectivity index (χ1v) is 10.5. The predicted molar refractivity (Wildman–Crippen MR) is 121 cm³/mol. The molecule has 2 N–H and O–H groups in total. The van der Waals surface area contributed by atoms with Crippen LogP contribution in [0.2, 0.25) is 0 Å². The van der Waals surface area contributed by atoms with E-state index in [0.717, 1.165) is 52.6 Å². The Balaban J connectivity index is 1.57. The van der Waals surface area contributed by atoms with E-state index >= 15 is 0 Å². The predicted octanol–water partition coefficient (Wildman–Crippen LogP) is 4.41. The van der Waals surface area contributed by atoms with E-state index < -0.39 is 0 Å². The molecule has 5 rings (SSSR count). The number of nitrogens with zero attached hydrogens (tertiary/aromatic N) is 3. The zero-order chi connectivity index (χ0) is 20.5. The number of likely N-dealkylation sites (tertiary alicyclic amines) is 1. The number of aldehydes is 1. The lowest BCUT2D eigenvalue weighted by atomic mass is 10.1. The summed E-state index contributed by atoms with van der Waals surface area (Å²) in [4.78, 5) is 27.5. The van der Waals surface area contributed by atoms with Gasteiger partial charge in [-0.15, -0.1) is 0 Å². The van der Waals surface area contributed by atoms with Gasteiger partial charge < -0.3 is 15.2 Å². The van der Waals surface area contributed by atoms with Crippen molar-refractivity contribution < 1.29 is 4.79 Å². The monoisotopic (exact) mass is 399 g/mol. The number of benzene rings is 2. The van der Waals surface area contributed by atoms with E-state index in [4.69, 9.17) is 9.97 Å². The lowest BCUT2D eigenvalue weighted by Gasteiger charge is -2.16. The largest absolute Gasteiger partial charge is 0.368 e. The smallest absolute Gasteiger partial charge is 0.179 e. The van der Waals surface area contributed by atoms with Crippen LogP contribution in [-0.2, 0) is 0 Å². The fraction of sp³-hybridized carbons (Fsp3) is 0.292. The summed E-state index contributed by atoms with van der Waals surface area (Å²) in [5, 5.41) is 5.43. The summed E-state index contributed by atoms with van der Waals surface area (Å²) in [6, 6.07) is 14.0. The average molecular weight is 399 g/mol. The van der Waals surface area contributed by atoms with Gasteiger partial charge in [0.15, 0.2) is 12.1 Å². The number of para-hydroxylation sites is 1. The van der Waals surface area contributed by atoms with Crippen LogP contribution in [0.1, 0.15) is 28.8 Å². The summed E-state index contributed by atoms with van der Waals surface area (Å²) in [6.45, 7) is 6.19. The van der Waals surface area contributed by atoms with Crippen LogP contribution >= 0.6 is 0 Å². The van der Waals surface area contributed by atoms with Crippen molar-refractivity contribution in [3.8, 4) is 11.5 Å². The molecule has 0 amide bonds. The van der Waals surface area contributed by atoms with Crippen LogP contribution in [0.5, 0.6) is 0 Å². The molecule has 6 nitrogen and oxygen atoms in total. The Morgan fingerprint density at radius 2 is 1.93 bits per heavy atom. The summed E-state index contributed by atoms with van der Waals surface area (Å²) in [5.41, 5.74) is 4.12. The molecule has 1 aliphatic heterocycles. The number of hydrogen-bond donors (Lipinski definition) is 2. The number of rotatable bonds is 6. The van der Waals surface area contributed by atoms with E-state index in [1.165, 1.54) is 25.9 Å². The Kier molecular flexibility index (Phi) is 4.93. The van der Waals surface area contributed by atoms with Crippen molar-refractivity contribution in [3.05, 3.63) is 53.6 Å². The molecule has 152 valence electrons. The van der Waals surface area contributed by atoms with Crippen molar-refractivity contribution >= 4 is 33.9 Å². The molecule has 0 aliphatic carbocycles. The zero-order valence-corrected chi connectivity index (χ0v) is 17.1. The first kappa shape index (κ1) is 18.8. The molecule has 2 aromatic heterocycles. The third-order valence-corrected chi connectivity index (χ3v) is 5.93. The van der Waals surface area contributed by atoms with Gasteiger partial charge >= 0.3 is 0 Å². The first-order valence-electron chi connectivity index (χ1n) is 10.5. The Labute approximate surface area is 175 Å². The average Bonchev–Trinajstić information content (AvgIpc) is 3.41. The van der Waals surface area contributed by atoms with Gasteiger partial charge in [-0.25, -0.2) is 9.97 Å². The van der Waals surface area contributed by atoms with Crippen LogP contribution in [-0.4, -0.2) is 52.3 Å². The standard InChI is InChI=1S/C24H25N5O/c1-16-7-6-10-20-21(16)18(15-30)22(26-20)24-27-19-9-3-2-8-17(19)23(28-24)25-11-14-29-12-4-5-13-29/h2-3,6-10,15,26H,4-5,11-14H2,1H3,(H,25,27,28). The summed E-state index contributed by atoms with van der Waals surface area (Å²) < 4.78 is 0. The van der Waals surface area contributed by atoms with Crippen molar-refractivity contribution in [1.82, 2.24) is 19.9 Å². The molecule has 0 atom stereocenters. The molecule has 4 aromatic rings. The molecule has 6 heteroatoms. The van der Waals surface area contributed by atoms with Crippen molar-refractivity contribution in [2.24, 2.45) is 0 Å². The molecule has 30 heavy (non-hydrogen) atoms. The number of fused-ring (bicyclic) bond motifs is 2. The number of anilines is 1. The minimum Gasteiger partial charge on any atom is -0.368 e. The van der Waals surface area contributed by atoms with E-state index in [1.807, 2.05) is 49.4 Å². The van der Waals surface area contributed by atoms with E-state index in [-0.39, 0.29) is 0 Å². The third kappa shape index (κ3) is 3.33. The molecular weight excluding hydrogens is 374 g/mol. The number of carbonyl (C=O) groups is 1. The second-order valence-corrected chi connectivity index (χ2v) is 7.92. The minimum atomic E-state index is 0.537. The van der Waals surface area contributed by atoms with Crippen molar-refractivity contribution in [3.63, 3.8) is 0 Å². The topological polar surface area (TPSA) is 73.9 Å². The fourth-order valence-corrected chi connectivity index (χ4v) is 4.41. The van der Waals surface area contributed by atoms with E-state index in [1.54, 1.807) is 0 Å². The molecule has 0 saturated carbocycles. The van der Waals surface area contributed by atoms with Gasteiger partial charge in [0.2, 0.25) is 0 Å². The Bertz CT molecular complexity index is 1220. The lowest BCUT2D eigenvalue weighted by Crippen LogP contribution is -2.26. The molecule has 2 aromatic carbocycles. The van der Waals surface area contributed by atoms with Crippen LogP contribution in [0.15, 0.2) is 42.5 Å². The van der Waals surface area contributed by atoms with Crippen molar-refractivity contribution in [2.75, 3.05) is 31.5 Å². The molecule has 0 radical (unpaired) electrons. The first-order chi connectivity index (χ1) is 14.7. The van der Waals surface area contributed by atoms with Gasteiger partial charge in [0, 0.05) is 29.4 Å². The van der Waals surface area contributed by atoms with E-state index in [9.17, 15) is 4.79 Å². The highest BCUT2D eigenvalue weighted by Gasteiger charge is 2.18. The van der Waals surface area contributed by atoms with Crippen LogP contribution in [0, 0.1) is 6.92 Å². The summed E-state index contributed by atoms with van der Waals surface area (Å²) in [7, 11) is 0. The lowest BCUT2D eigenvalue weighted by molar-refractivity contribution is 0.112. The van der Waals surface area contributed by atoms with Gasteiger partial charge in [-0.3, -0.25) is 4.79 Å². The summed E-state index contributed by atoms with van der Waals surface area (Å²) in [6.07, 6.45) is 3.48. The van der Waals surface area contributed by atoms with Gasteiger partial charge in [0.1, 0.15) is 5.82 Å². The van der Waals surface area contributed by atoms with E-state index in [2.05, 4.69) is 15.2 Å². The highest BCUT2D eigenvalue weighted by Crippen LogP contribution is 2.31. The maximum absolute atomic E-state index is 12.0.